The van der Waals surface area contributed by atoms with E-state index in [-0.39, 0.29) is 29.7 Å². The predicted molar refractivity (Wildman–Crippen MR) is 109 cm³/mol. The first kappa shape index (κ1) is 19.8. The van der Waals surface area contributed by atoms with E-state index in [4.69, 9.17) is 0 Å². The Labute approximate surface area is 170 Å². The molecule has 7 nitrogen and oxygen atoms in total. The number of hydrogen-bond acceptors (Lipinski definition) is 6. The first-order valence-electron chi connectivity index (χ1n) is 10.7. The lowest BCUT2D eigenvalue weighted by molar-refractivity contribution is -0.128. The molecule has 4 rings (SSSR count). The van der Waals surface area contributed by atoms with Crippen molar-refractivity contribution in [3.05, 3.63) is 5.01 Å². The Morgan fingerprint density at radius 2 is 1.86 bits per heavy atom. The molecule has 28 heavy (non-hydrogen) atoms. The Bertz CT molecular complexity index is 709. The minimum atomic E-state index is -0.295. The Morgan fingerprint density at radius 1 is 1.14 bits per heavy atom. The maximum Gasteiger partial charge on any atom is 0.229 e. The Morgan fingerprint density at radius 3 is 2.54 bits per heavy atom. The van der Waals surface area contributed by atoms with Gasteiger partial charge in [-0.25, -0.2) is 0 Å². The summed E-state index contributed by atoms with van der Waals surface area (Å²) in [5, 5.41) is 13.0. The first-order chi connectivity index (χ1) is 13.5. The third-order valence-corrected chi connectivity index (χ3v) is 7.28. The van der Waals surface area contributed by atoms with Crippen LogP contribution in [-0.2, 0) is 9.59 Å². The Balaban J connectivity index is 1.42. The zero-order valence-corrected chi connectivity index (χ0v) is 17.6. The van der Waals surface area contributed by atoms with E-state index in [0.717, 1.165) is 37.5 Å². The van der Waals surface area contributed by atoms with Gasteiger partial charge in [0.05, 0.1) is 11.5 Å². The molecule has 1 saturated carbocycles. The number of anilines is 1. The van der Waals surface area contributed by atoms with Crippen molar-refractivity contribution in [1.29, 1.82) is 0 Å². The molecule has 0 aromatic carbocycles. The molecule has 1 aromatic rings. The average molecular weight is 406 g/mol. The predicted octanol–water partition coefficient (Wildman–Crippen LogP) is 2.50. The Kier molecular flexibility index (Phi) is 5.96. The van der Waals surface area contributed by atoms with E-state index in [2.05, 4.69) is 20.4 Å². The molecule has 3 fully saturated rings. The van der Waals surface area contributed by atoms with Crippen LogP contribution in [0.25, 0.3) is 0 Å². The second-order valence-corrected chi connectivity index (χ2v) is 9.84. The standard InChI is InChI=1S/C20H31N5O2S/c1-15-22-23-19(28-15)25-13-16(12-17(25)26)18(27)21-20(8-4-2-5-9-20)14-24-10-6-3-7-11-24/h16H,2-14H2,1H3,(H,21,27). The van der Waals surface area contributed by atoms with Crippen LogP contribution < -0.4 is 10.2 Å². The molecule has 2 aliphatic heterocycles. The highest BCUT2D eigenvalue weighted by molar-refractivity contribution is 7.15. The molecular weight excluding hydrogens is 374 g/mol. The van der Waals surface area contributed by atoms with Crippen molar-refractivity contribution in [2.24, 2.45) is 5.92 Å². The fraction of sp³-hybridized carbons (Fsp3) is 0.800. The van der Waals surface area contributed by atoms with Crippen LogP contribution >= 0.6 is 11.3 Å². The van der Waals surface area contributed by atoms with Crippen molar-refractivity contribution in [2.45, 2.75) is 70.3 Å². The van der Waals surface area contributed by atoms with Gasteiger partial charge in [-0.1, -0.05) is 37.0 Å². The number of hydrogen-bond donors (Lipinski definition) is 1. The Hall–Kier alpha value is -1.54. The minimum Gasteiger partial charge on any atom is -0.349 e. The third kappa shape index (κ3) is 4.38. The van der Waals surface area contributed by atoms with Gasteiger partial charge in [-0.2, -0.15) is 0 Å². The van der Waals surface area contributed by atoms with Crippen LogP contribution in [0.5, 0.6) is 0 Å². The molecule has 2 saturated heterocycles. The summed E-state index contributed by atoms with van der Waals surface area (Å²) in [6.07, 6.45) is 9.82. The number of carbonyl (C=O) groups excluding carboxylic acids is 2. The number of aryl methyl sites for hydroxylation is 1. The highest BCUT2D eigenvalue weighted by atomic mass is 32.1. The molecule has 154 valence electrons. The number of likely N-dealkylation sites (tertiary alicyclic amines) is 1. The lowest BCUT2D eigenvalue weighted by Gasteiger charge is -2.43. The molecule has 0 spiro atoms. The number of aromatic nitrogens is 2. The average Bonchev–Trinajstić information content (AvgIpc) is 3.28. The molecule has 1 aliphatic carbocycles. The number of amides is 2. The lowest BCUT2D eigenvalue weighted by Crippen LogP contribution is -2.58. The van der Waals surface area contributed by atoms with Crippen LogP contribution in [0.1, 0.15) is 62.8 Å². The van der Waals surface area contributed by atoms with Crippen LogP contribution in [0.4, 0.5) is 5.13 Å². The molecular formula is C20H31N5O2S. The van der Waals surface area contributed by atoms with Gasteiger partial charge in [0.2, 0.25) is 16.9 Å². The number of nitrogens with one attached hydrogen (secondary N) is 1. The summed E-state index contributed by atoms with van der Waals surface area (Å²) in [5.41, 5.74) is -0.123. The van der Waals surface area contributed by atoms with Crippen molar-refractivity contribution < 1.29 is 9.59 Å². The van der Waals surface area contributed by atoms with Gasteiger partial charge in [0.1, 0.15) is 5.01 Å². The van der Waals surface area contributed by atoms with Crippen molar-refractivity contribution >= 4 is 28.3 Å². The fourth-order valence-electron chi connectivity index (χ4n) is 4.92. The van der Waals surface area contributed by atoms with Crippen molar-refractivity contribution in [2.75, 3.05) is 31.1 Å². The number of rotatable bonds is 5. The second-order valence-electron chi connectivity index (χ2n) is 8.68. The third-order valence-electron chi connectivity index (χ3n) is 6.42. The topological polar surface area (TPSA) is 78.4 Å². The summed E-state index contributed by atoms with van der Waals surface area (Å²) in [4.78, 5) is 29.8. The first-order valence-corrected chi connectivity index (χ1v) is 11.5. The monoisotopic (exact) mass is 405 g/mol. The van der Waals surface area contributed by atoms with Crippen LogP contribution in [0, 0.1) is 12.8 Å². The van der Waals surface area contributed by atoms with E-state index < -0.39 is 0 Å². The summed E-state index contributed by atoms with van der Waals surface area (Å²) in [7, 11) is 0. The van der Waals surface area contributed by atoms with Gasteiger partial charge in [0.15, 0.2) is 0 Å². The van der Waals surface area contributed by atoms with E-state index in [9.17, 15) is 9.59 Å². The quantitative estimate of drug-likeness (QED) is 0.814. The summed E-state index contributed by atoms with van der Waals surface area (Å²) >= 11 is 1.41. The maximum absolute atomic E-state index is 13.1. The summed E-state index contributed by atoms with van der Waals surface area (Å²) in [5.74, 6) is -0.280. The minimum absolute atomic E-state index is 0.0231. The van der Waals surface area contributed by atoms with Gasteiger partial charge in [-0.3, -0.25) is 14.5 Å². The highest BCUT2D eigenvalue weighted by Gasteiger charge is 2.41. The van der Waals surface area contributed by atoms with Crippen molar-refractivity contribution in [3.8, 4) is 0 Å². The molecule has 3 aliphatic rings. The lowest BCUT2D eigenvalue weighted by atomic mass is 9.80. The molecule has 8 heteroatoms. The highest BCUT2D eigenvalue weighted by Crippen LogP contribution is 2.32. The number of piperidine rings is 1. The SMILES string of the molecule is Cc1nnc(N2CC(C(=O)NC3(CN4CCCCC4)CCCCC3)CC2=O)s1. The van der Waals surface area contributed by atoms with Gasteiger partial charge < -0.3 is 10.2 Å². The van der Waals surface area contributed by atoms with Gasteiger partial charge in [0.25, 0.3) is 0 Å². The zero-order valence-electron chi connectivity index (χ0n) is 16.8. The number of nitrogens with zero attached hydrogens (tertiary/aromatic N) is 4. The molecule has 1 atom stereocenters. The van der Waals surface area contributed by atoms with Crippen molar-refractivity contribution in [1.82, 2.24) is 20.4 Å². The largest absolute Gasteiger partial charge is 0.349 e. The van der Waals surface area contributed by atoms with E-state index in [1.165, 1.54) is 49.9 Å². The molecule has 2 amide bonds. The molecule has 0 bridgehead atoms. The molecule has 1 unspecified atom stereocenters. The fourth-order valence-corrected chi connectivity index (χ4v) is 5.64. The maximum atomic E-state index is 13.1. The van der Waals surface area contributed by atoms with E-state index in [0.29, 0.717) is 11.7 Å². The summed E-state index contributed by atoms with van der Waals surface area (Å²) < 4.78 is 0. The van der Waals surface area contributed by atoms with Gasteiger partial charge in [-0.15, -0.1) is 10.2 Å². The van der Waals surface area contributed by atoms with E-state index in [1.54, 1.807) is 4.90 Å². The van der Waals surface area contributed by atoms with Gasteiger partial charge in [0, 0.05) is 19.5 Å². The molecule has 0 radical (unpaired) electrons. The van der Waals surface area contributed by atoms with E-state index in [1.807, 2.05) is 6.92 Å². The van der Waals surface area contributed by atoms with Gasteiger partial charge in [-0.05, 0) is 45.7 Å². The van der Waals surface area contributed by atoms with Crippen LogP contribution in [0.15, 0.2) is 0 Å². The second kappa shape index (κ2) is 8.45. The molecule has 1 N–H and O–H groups in total. The molecule has 1 aromatic heterocycles. The smallest absolute Gasteiger partial charge is 0.229 e. The van der Waals surface area contributed by atoms with Crippen LogP contribution in [-0.4, -0.2) is 58.6 Å². The normalized spacial score (nSPS) is 25.8. The van der Waals surface area contributed by atoms with Crippen LogP contribution in [0.3, 0.4) is 0 Å². The van der Waals surface area contributed by atoms with E-state index >= 15 is 0 Å². The number of carbonyl (C=O) groups is 2. The van der Waals surface area contributed by atoms with Gasteiger partial charge >= 0.3 is 0 Å². The summed E-state index contributed by atoms with van der Waals surface area (Å²) in [6.45, 7) is 5.53. The zero-order chi connectivity index (χ0) is 19.6. The van der Waals surface area contributed by atoms with Crippen molar-refractivity contribution in [3.63, 3.8) is 0 Å². The molecule has 3 heterocycles. The van der Waals surface area contributed by atoms with Crippen LogP contribution in [0.2, 0.25) is 0 Å². The summed E-state index contributed by atoms with van der Waals surface area (Å²) in [6, 6.07) is 0.